The molecule has 0 aromatic rings. The normalized spacial score (nSPS) is 15.4. The smallest absolute Gasteiger partial charge is 0.454 e. The van der Waals surface area contributed by atoms with Gasteiger partial charge in [0.25, 0.3) is 5.78 Å². The lowest BCUT2D eigenvalue weighted by atomic mass is 10.3. The number of alkyl halides is 4. The van der Waals surface area contributed by atoms with Crippen LogP contribution in [0.1, 0.15) is 6.92 Å². The van der Waals surface area contributed by atoms with E-state index in [2.05, 4.69) is 20.7 Å². The molecule has 13 heavy (non-hydrogen) atoms. The van der Waals surface area contributed by atoms with E-state index in [1.807, 2.05) is 0 Å². The van der Waals surface area contributed by atoms with Gasteiger partial charge in [0.2, 0.25) is 0 Å². The van der Waals surface area contributed by atoms with Crippen molar-refractivity contribution in [2.24, 2.45) is 0 Å². The quantitative estimate of drug-likeness (QED) is 0.443. The Morgan fingerprint density at radius 3 is 2.23 bits per heavy atom. The summed E-state index contributed by atoms with van der Waals surface area (Å²) in [6.07, 6.45) is -4.41. The predicted octanol–water partition coefficient (Wildman–Crippen LogP) is 2.43. The molecule has 0 saturated heterocycles. The van der Waals surface area contributed by atoms with Crippen molar-refractivity contribution >= 4 is 21.7 Å². The van der Waals surface area contributed by atoms with Crippen LogP contribution < -0.4 is 0 Å². The van der Waals surface area contributed by atoms with E-state index in [-0.39, 0.29) is 5.76 Å². The molecule has 0 rings (SSSR count). The van der Waals surface area contributed by atoms with Gasteiger partial charge in [-0.2, -0.15) is 13.2 Å². The van der Waals surface area contributed by atoms with Crippen LogP contribution in [0.4, 0.5) is 13.2 Å². The van der Waals surface area contributed by atoms with Crippen molar-refractivity contribution in [1.82, 2.24) is 0 Å². The van der Waals surface area contributed by atoms with Crippen LogP contribution in [0.3, 0.4) is 0 Å². The largest absolute Gasteiger partial charge is 0.500 e. The highest BCUT2D eigenvalue weighted by atomic mass is 79.9. The van der Waals surface area contributed by atoms with E-state index in [1.165, 1.54) is 7.11 Å². The lowest BCUT2D eigenvalue weighted by Gasteiger charge is -2.08. The molecule has 0 bridgehead atoms. The van der Waals surface area contributed by atoms with Gasteiger partial charge in [-0.15, -0.1) is 0 Å². The fourth-order valence-electron chi connectivity index (χ4n) is 0.547. The molecule has 6 heteroatoms. The molecule has 0 aliphatic heterocycles. The average molecular weight is 261 g/mol. The standard InChI is InChI=1S/C7H8BrF3O2/c1-4(8)5(13-2)3-6(12)7(9,10)11/h3-4H,1-2H3/b5-3+. The topological polar surface area (TPSA) is 26.3 Å². The van der Waals surface area contributed by atoms with Crippen molar-refractivity contribution in [3.05, 3.63) is 11.8 Å². The molecule has 0 heterocycles. The summed E-state index contributed by atoms with van der Waals surface area (Å²) in [5.41, 5.74) is 0. The summed E-state index contributed by atoms with van der Waals surface area (Å²) < 4.78 is 39.8. The zero-order chi connectivity index (χ0) is 10.6. The molecule has 0 fully saturated rings. The molecule has 0 spiro atoms. The minimum atomic E-state index is -4.84. The maximum absolute atomic E-state index is 11.7. The zero-order valence-electron chi connectivity index (χ0n) is 6.98. The lowest BCUT2D eigenvalue weighted by Crippen LogP contribution is -2.21. The number of halogens is 4. The Balaban J connectivity index is 4.62. The summed E-state index contributed by atoms with van der Waals surface area (Å²) in [5.74, 6) is -1.97. The molecule has 0 amide bonds. The van der Waals surface area contributed by atoms with E-state index >= 15 is 0 Å². The number of hydrogen-bond donors (Lipinski definition) is 0. The molecule has 0 saturated carbocycles. The molecule has 0 aromatic heterocycles. The highest BCUT2D eigenvalue weighted by Gasteiger charge is 2.37. The first-order chi connectivity index (χ1) is 5.79. The predicted molar refractivity (Wildman–Crippen MR) is 44.5 cm³/mol. The van der Waals surface area contributed by atoms with Crippen molar-refractivity contribution in [3.8, 4) is 0 Å². The Hall–Kier alpha value is -0.520. The van der Waals surface area contributed by atoms with Crippen LogP contribution in [-0.2, 0) is 9.53 Å². The van der Waals surface area contributed by atoms with E-state index in [1.54, 1.807) is 6.92 Å². The molecule has 0 aliphatic rings. The van der Waals surface area contributed by atoms with Gasteiger partial charge in [-0.3, -0.25) is 4.79 Å². The second-order valence-corrected chi connectivity index (χ2v) is 3.60. The van der Waals surface area contributed by atoms with Crippen molar-refractivity contribution in [2.75, 3.05) is 7.11 Å². The van der Waals surface area contributed by atoms with E-state index in [0.29, 0.717) is 6.08 Å². The van der Waals surface area contributed by atoms with Crippen molar-refractivity contribution in [3.63, 3.8) is 0 Å². The number of carbonyl (C=O) groups excluding carboxylic acids is 1. The van der Waals surface area contributed by atoms with Gasteiger partial charge in [-0.25, -0.2) is 0 Å². The number of rotatable bonds is 3. The van der Waals surface area contributed by atoms with Gasteiger partial charge in [0.1, 0.15) is 5.76 Å². The second kappa shape index (κ2) is 4.64. The van der Waals surface area contributed by atoms with Crippen molar-refractivity contribution in [1.29, 1.82) is 0 Å². The van der Waals surface area contributed by atoms with E-state index in [0.717, 1.165) is 0 Å². The summed E-state index contributed by atoms with van der Waals surface area (Å²) in [4.78, 5) is 10.0. The van der Waals surface area contributed by atoms with Gasteiger partial charge in [-0.05, 0) is 6.92 Å². The molecule has 2 nitrogen and oxygen atoms in total. The summed E-state index contributed by atoms with van der Waals surface area (Å²) in [5, 5.41) is 0. The molecular formula is C7H8BrF3O2. The highest BCUT2D eigenvalue weighted by molar-refractivity contribution is 9.09. The van der Waals surface area contributed by atoms with Gasteiger partial charge in [0.05, 0.1) is 11.9 Å². The second-order valence-electron chi connectivity index (χ2n) is 2.23. The Kier molecular flexibility index (Phi) is 4.46. The van der Waals surface area contributed by atoms with Gasteiger partial charge < -0.3 is 4.74 Å². The number of allylic oxidation sites excluding steroid dienone is 2. The summed E-state index contributed by atoms with van der Waals surface area (Å²) in [6.45, 7) is 1.55. The van der Waals surface area contributed by atoms with Crippen LogP contribution >= 0.6 is 15.9 Å². The molecular weight excluding hydrogens is 253 g/mol. The van der Waals surface area contributed by atoms with Crippen LogP contribution in [0.5, 0.6) is 0 Å². The maximum Gasteiger partial charge on any atom is 0.454 e. The Morgan fingerprint density at radius 2 is 2.00 bits per heavy atom. The van der Waals surface area contributed by atoms with E-state index < -0.39 is 16.8 Å². The molecule has 76 valence electrons. The summed E-state index contributed by atoms with van der Waals surface area (Å²) in [7, 11) is 1.20. The number of hydrogen-bond acceptors (Lipinski definition) is 2. The average Bonchev–Trinajstić information content (AvgIpc) is 1.96. The lowest BCUT2D eigenvalue weighted by molar-refractivity contribution is -0.165. The molecule has 0 radical (unpaired) electrons. The summed E-state index contributed by atoms with van der Waals surface area (Å²) in [6, 6.07) is 0. The Labute approximate surface area is 81.9 Å². The number of ether oxygens (including phenoxy) is 1. The maximum atomic E-state index is 11.7. The van der Waals surface area contributed by atoms with Gasteiger partial charge in [0, 0.05) is 6.08 Å². The van der Waals surface area contributed by atoms with Crippen LogP contribution in [0.15, 0.2) is 11.8 Å². The van der Waals surface area contributed by atoms with E-state index in [4.69, 9.17) is 0 Å². The molecule has 0 N–H and O–H groups in total. The van der Waals surface area contributed by atoms with Gasteiger partial charge in [-0.1, -0.05) is 15.9 Å². The third kappa shape index (κ3) is 4.31. The fraction of sp³-hybridized carbons (Fsp3) is 0.571. The summed E-state index contributed by atoms with van der Waals surface area (Å²) >= 11 is 2.98. The first-order valence-corrected chi connectivity index (χ1v) is 4.21. The minimum Gasteiger partial charge on any atom is -0.500 e. The fourth-order valence-corrected chi connectivity index (χ4v) is 0.866. The first-order valence-electron chi connectivity index (χ1n) is 3.30. The van der Waals surface area contributed by atoms with E-state index in [9.17, 15) is 18.0 Å². The number of carbonyl (C=O) groups is 1. The molecule has 0 aromatic carbocycles. The number of methoxy groups -OCH3 is 1. The van der Waals surface area contributed by atoms with Crippen molar-refractivity contribution in [2.45, 2.75) is 17.9 Å². The van der Waals surface area contributed by atoms with Crippen LogP contribution in [0, 0.1) is 0 Å². The molecule has 1 atom stereocenters. The van der Waals surface area contributed by atoms with Crippen LogP contribution in [-0.4, -0.2) is 23.9 Å². The minimum absolute atomic E-state index is 0.0534. The SMILES string of the molecule is CO/C(=C/C(=O)C(F)(F)F)C(C)Br. The third-order valence-corrected chi connectivity index (χ3v) is 1.63. The third-order valence-electron chi connectivity index (χ3n) is 1.18. The van der Waals surface area contributed by atoms with Gasteiger partial charge in [0.15, 0.2) is 0 Å². The Bertz CT molecular complexity index is 220. The Morgan fingerprint density at radius 1 is 1.54 bits per heavy atom. The number of ketones is 1. The molecule has 1 unspecified atom stereocenters. The highest BCUT2D eigenvalue weighted by Crippen LogP contribution is 2.20. The molecule has 0 aliphatic carbocycles. The first kappa shape index (κ1) is 12.5. The zero-order valence-corrected chi connectivity index (χ0v) is 8.57. The van der Waals surface area contributed by atoms with Gasteiger partial charge >= 0.3 is 6.18 Å². The van der Waals surface area contributed by atoms with Crippen LogP contribution in [0.2, 0.25) is 0 Å². The van der Waals surface area contributed by atoms with Crippen molar-refractivity contribution < 1.29 is 22.7 Å². The monoisotopic (exact) mass is 260 g/mol. The van der Waals surface area contributed by atoms with Crippen LogP contribution in [0.25, 0.3) is 0 Å².